The van der Waals surface area contributed by atoms with E-state index in [0.717, 1.165) is 50.7 Å². The Morgan fingerprint density at radius 2 is 2.33 bits per heavy atom. The van der Waals surface area contributed by atoms with Crippen LogP contribution in [-0.4, -0.2) is 45.5 Å². The summed E-state index contributed by atoms with van der Waals surface area (Å²) in [7, 11) is 1.74. The van der Waals surface area contributed by atoms with Crippen LogP contribution in [0.15, 0.2) is 29.3 Å². The average molecular weight is 444 g/mol. The van der Waals surface area contributed by atoms with Gasteiger partial charge in [0.1, 0.15) is 0 Å². The number of rotatable bonds is 7. The zero-order chi connectivity index (χ0) is 16.3. The Balaban J connectivity index is 0.00000288. The zero-order valence-electron chi connectivity index (χ0n) is 14.0. The number of nitrogens with one attached hydrogen (secondary N) is 2. The van der Waals surface area contributed by atoms with Gasteiger partial charge in [0, 0.05) is 33.4 Å². The Kier molecular flexibility index (Phi) is 10.4. The highest BCUT2D eigenvalue weighted by Crippen LogP contribution is 2.08. The molecule has 0 amide bonds. The first-order valence-electron chi connectivity index (χ1n) is 7.94. The molecule has 1 unspecified atom stereocenters. The van der Waals surface area contributed by atoms with Crippen molar-refractivity contribution in [2.24, 2.45) is 4.99 Å². The van der Waals surface area contributed by atoms with E-state index in [0.29, 0.717) is 12.1 Å². The summed E-state index contributed by atoms with van der Waals surface area (Å²) in [4.78, 5) is 4.19. The van der Waals surface area contributed by atoms with Crippen molar-refractivity contribution in [3.8, 4) is 6.07 Å². The number of hydrogen-bond donors (Lipinski definition) is 2. The number of hydrogen-bond acceptors (Lipinski definition) is 4. The van der Waals surface area contributed by atoms with Crippen LogP contribution in [0.3, 0.4) is 0 Å². The van der Waals surface area contributed by atoms with E-state index in [9.17, 15) is 0 Å². The molecule has 0 spiro atoms. The highest BCUT2D eigenvalue weighted by molar-refractivity contribution is 14.0. The number of guanidine groups is 1. The molecular formula is C17H25IN4O2. The van der Waals surface area contributed by atoms with Crippen LogP contribution in [0, 0.1) is 11.3 Å². The zero-order valence-corrected chi connectivity index (χ0v) is 16.3. The second-order valence-corrected chi connectivity index (χ2v) is 5.37. The minimum Gasteiger partial charge on any atom is -0.379 e. The fraction of sp³-hybridized carbons (Fsp3) is 0.529. The fourth-order valence-corrected chi connectivity index (χ4v) is 2.33. The van der Waals surface area contributed by atoms with Crippen molar-refractivity contribution in [2.45, 2.75) is 25.5 Å². The summed E-state index contributed by atoms with van der Waals surface area (Å²) in [6.07, 6.45) is 2.18. The molecule has 24 heavy (non-hydrogen) atoms. The van der Waals surface area contributed by atoms with Crippen LogP contribution in [0.4, 0.5) is 0 Å². The molecule has 1 aliphatic rings. The van der Waals surface area contributed by atoms with Gasteiger partial charge < -0.3 is 20.1 Å². The number of benzene rings is 1. The second-order valence-electron chi connectivity index (χ2n) is 5.37. The maximum absolute atomic E-state index is 8.90. The largest absolute Gasteiger partial charge is 0.379 e. The quantitative estimate of drug-likeness (QED) is 0.291. The topological polar surface area (TPSA) is 78.7 Å². The predicted octanol–water partition coefficient (Wildman–Crippen LogP) is 2.04. The summed E-state index contributed by atoms with van der Waals surface area (Å²) < 4.78 is 11.0. The predicted molar refractivity (Wildman–Crippen MR) is 105 cm³/mol. The molecule has 0 aromatic heterocycles. The molecule has 1 aromatic rings. The average Bonchev–Trinajstić information content (AvgIpc) is 3.11. The van der Waals surface area contributed by atoms with Gasteiger partial charge in [-0.05, 0) is 30.5 Å². The van der Waals surface area contributed by atoms with Crippen LogP contribution in [-0.2, 0) is 16.0 Å². The maximum atomic E-state index is 8.90. The number of nitrogens with zero attached hydrogens (tertiary/aromatic N) is 2. The first-order chi connectivity index (χ1) is 11.3. The summed E-state index contributed by atoms with van der Waals surface area (Å²) in [5, 5.41) is 15.4. The molecule has 0 saturated carbocycles. The van der Waals surface area contributed by atoms with E-state index in [1.165, 1.54) is 0 Å². The third kappa shape index (κ3) is 7.47. The normalized spacial score (nSPS) is 17.0. The van der Waals surface area contributed by atoms with Crippen LogP contribution in [0.2, 0.25) is 0 Å². The summed E-state index contributed by atoms with van der Waals surface area (Å²) >= 11 is 0. The monoisotopic (exact) mass is 444 g/mol. The lowest BCUT2D eigenvalue weighted by molar-refractivity contribution is 0.0420. The van der Waals surface area contributed by atoms with Crippen molar-refractivity contribution >= 4 is 29.9 Å². The van der Waals surface area contributed by atoms with Crippen molar-refractivity contribution in [3.05, 3.63) is 35.4 Å². The fourth-order valence-electron chi connectivity index (χ4n) is 2.33. The lowest BCUT2D eigenvalue weighted by Crippen LogP contribution is -2.37. The smallest absolute Gasteiger partial charge is 0.191 e. The van der Waals surface area contributed by atoms with Gasteiger partial charge in [-0.25, -0.2) is 0 Å². The first kappa shape index (κ1) is 20.7. The van der Waals surface area contributed by atoms with Gasteiger partial charge in [0.2, 0.25) is 0 Å². The first-order valence-corrected chi connectivity index (χ1v) is 7.94. The number of aliphatic imine (C=N–C) groups is 1. The number of ether oxygens (including phenoxy) is 2. The molecule has 6 nitrogen and oxygen atoms in total. The van der Waals surface area contributed by atoms with E-state index in [2.05, 4.69) is 21.7 Å². The molecule has 0 aliphatic carbocycles. The van der Waals surface area contributed by atoms with Gasteiger partial charge in [0.05, 0.1) is 24.3 Å². The van der Waals surface area contributed by atoms with E-state index in [4.69, 9.17) is 14.7 Å². The van der Waals surface area contributed by atoms with Crippen molar-refractivity contribution in [3.63, 3.8) is 0 Å². The molecule has 0 radical (unpaired) electrons. The molecule has 0 bridgehead atoms. The SMILES string of the molecule is CN=C(NCCCOC1CCOC1)NCc1cccc(C#N)c1.I. The van der Waals surface area contributed by atoms with Crippen LogP contribution >= 0.6 is 24.0 Å². The number of nitriles is 1. The summed E-state index contributed by atoms with van der Waals surface area (Å²) in [5.74, 6) is 0.747. The maximum Gasteiger partial charge on any atom is 0.191 e. The standard InChI is InChI=1S/C17H24N4O2.HI/c1-19-17(20-7-3-8-23-16-6-9-22-13-16)21-12-15-5-2-4-14(10-15)11-18;/h2,4-5,10,16H,3,6-9,12-13H2,1H3,(H2,19,20,21);1H. The van der Waals surface area contributed by atoms with Crippen molar-refractivity contribution in [2.75, 3.05) is 33.4 Å². The summed E-state index contributed by atoms with van der Waals surface area (Å²) in [6.45, 7) is 3.68. The molecule has 1 aliphatic heterocycles. The Hall–Kier alpha value is -1.37. The van der Waals surface area contributed by atoms with Gasteiger partial charge in [-0.1, -0.05) is 12.1 Å². The van der Waals surface area contributed by atoms with E-state index in [1.807, 2.05) is 18.2 Å². The van der Waals surface area contributed by atoms with Crippen LogP contribution in [0.1, 0.15) is 24.0 Å². The summed E-state index contributed by atoms with van der Waals surface area (Å²) in [6, 6.07) is 9.68. The Morgan fingerprint density at radius 3 is 3.04 bits per heavy atom. The molecule has 1 aromatic carbocycles. The van der Waals surface area contributed by atoms with Crippen molar-refractivity contribution in [1.29, 1.82) is 5.26 Å². The van der Waals surface area contributed by atoms with Crippen LogP contribution < -0.4 is 10.6 Å². The molecule has 132 valence electrons. The third-order valence-corrected chi connectivity index (χ3v) is 3.59. The van der Waals surface area contributed by atoms with Crippen molar-refractivity contribution in [1.82, 2.24) is 10.6 Å². The minimum absolute atomic E-state index is 0. The Bertz CT molecular complexity index is 554. The van der Waals surface area contributed by atoms with Gasteiger partial charge in [-0.3, -0.25) is 4.99 Å². The van der Waals surface area contributed by atoms with E-state index in [1.54, 1.807) is 13.1 Å². The Morgan fingerprint density at radius 1 is 1.46 bits per heavy atom. The van der Waals surface area contributed by atoms with E-state index < -0.39 is 0 Å². The Labute approximate surface area is 160 Å². The molecular weight excluding hydrogens is 419 g/mol. The van der Waals surface area contributed by atoms with Crippen molar-refractivity contribution < 1.29 is 9.47 Å². The molecule has 2 N–H and O–H groups in total. The molecule has 1 heterocycles. The van der Waals surface area contributed by atoms with Gasteiger partial charge in [-0.2, -0.15) is 5.26 Å². The highest BCUT2D eigenvalue weighted by atomic mass is 127. The highest BCUT2D eigenvalue weighted by Gasteiger charge is 2.15. The number of halogens is 1. The molecule has 1 atom stereocenters. The lowest BCUT2D eigenvalue weighted by atomic mass is 10.1. The lowest BCUT2D eigenvalue weighted by Gasteiger charge is -2.13. The van der Waals surface area contributed by atoms with Gasteiger partial charge in [-0.15, -0.1) is 24.0 Å². The van der Waals surface area contributed by atoms with Crippen LogP contribution in [0.5, 0.6) is 0 Å². The molecule has 1 fully saturated rings. The van der Waals surface area contributed by atoms with E-state index >= 15 is 0 Å². The molecule has 1 saturated heterocycles. The minimum atomic E-state index is 0. The second kappa shape index (κ2) is 12.1. The van der Waals surface area contributed by atoms with Gasteiger partial charge in [0.15, 0.2) is 5.96 Å². The molecule has 2 rings (SSSR count). The van der Waals surface area contributed by atoms with Gasteiger partial charge >= 0.3 is 0 Å². The molecule has 7 heteroatoms. The summed E-state index contributed by atoms with van der Waals surface area (Å²) in [5.41, 5.74) is 1.72. The van der Waals surface area contributed by atoms with Crippen LogP contribution in [0.25, 0.3) is 0 Å². The van der Waals surface area contributed by atoms with E-state index in [-0.39, 0.29) is 30.1 Å². The van der Waals surface area contributed by atoms with Gasteiger partial charge in [0.25, 0.3) is 0 Å². The third-order valence-electron chi connectivity index (χ3n) is 3.59.